The molecule has 1 aromatic heterocycles. The Morgan fingerprint density at radius 3 is 2.33 bits per heavy atom. The highest BCUT2D eigenvalue weighted by atomic mass is 32.2. The maximum absolute atomic E-state index is 11.9. The number of aromatic carboxylic acids is 1. The molecule has 0 fully saturated rings. The zero-order valence-electron chi connectivity index (χ0n) is 10.7. The predicted molar refractivity (Wildman–Crippen MR) is 64.9 cm³/mol. The van der Waals surface area contributed by atoms with Crippen molar-refractivity contribution in [2.24, 2.45) is 5.41 Å². The lowest BCUT2D eigenvalue weighted by Gasteiger charge is -2.27. The molecule has 0 bridgehead atoms. The second kappa shape index (κ2) is 4.74. The molecule has 6 nitrogen and oxygen atoms in total. The molecule has 1 heterocycles. The van der Waals surface area contributed by atoms with Crippen LogP contribution in [0.3, 0.4) is 0 Å². The maximum atomic E-state index is 11.9. The van der Waals surface area contributed by atoms with Gasteiger partial charge in [0.2, 0.25) is 10.9 Å². The first-order valence-electron chi connectivity index (χ1n) is 5.39. The molecule has 0 aliphatic heterocycles. The van der Waals surface area contributed by atoms with Crippen LogP contribution < -0.4 is 4.72 Å². The molecule has 1 unspecified atom stereocenters. The molecule has 1 rings (SSSR count). The Bertz CT molecular complexity index is 538. The molecule has 0 saturated carbocycles. The lowest BCUT2D eigenvalue weighted by Crippen LogP contribution is -2.41. The van der Waals surface area contributed by atoms with Gasteiger partial charge >= 0.3 is 5.97 Å². The lowest BCUT2D eigenvalue weighted by atomic mass is 9.89. The summed E-state index contributed by atoms with van der Waals surface area (Å²) < 4.78 is 31.1. The fourth-order valence-corrected chi connectivity index (χ4v) is 2.43. The van der Waals surface area contributed by atoms with Gasteiger partial charge in [0.15, 0.2) is 0 Å². The Labute approximate surface area is 106 Å². The van der Waals surface area contributed by atoms with Gasteiger partial charge in [0.25, 0.3) is 10.0 Å². The minimum atomic E-state index is -3.84. The topological polar surface area (TPSA) is 96.6 Å². The third-order valence-corrected chi connectivity index (χ3v) is 4.10. The molecule has 2 N–H and O–H groups in total. The van der Waals surface area contributed by atoms with Crippen molar-refractivity contribution in [3.8, 4) is 0 Å². The Morgan fingerprint density at radius 2 is 1.94 bits per heavy atom. The van der Waals surface area contributed by atoms with E-state index in [9.17, 15) is 13.2 Å². The largest absolute Gasteiger partial charge is 0.475 e. The standard InChI is InChI=1S/C11H17NO5S/c1-7(11(2,3)4)12-18(15,16)9-6-5-8(17-9)10(13)14/h5-7,12H,1-4H3,(H,13,14). The monoisotopic (exact) mass is 275 g/mol. The summed E-state index contributed by atoms with van der Waals surface area (Å²) in [6.45, 7) is 7.42. The average molecular weight is 275 g/mol. The molecule has 18 heavy (non-hydrogen) atoms. The van der Waals surface area contributed by atoms with Crippen LogP contribution in [0.1, 0.15) is 38.2 Å². The van der Waals surface area contributed by atoms with Crippen molar-refractivity contribution in [2.45, 2.75) is 38.8 Å². The summed E-state index contributed by atoms with van der Waals surface area (Å²) in [4.78, 5) is 10.6. The molecule has 0 radical (unpaired) electrons. The Balaban J connectivity index is 2.96. The van der Waals surface area contributed by atoms with Crippen LogP contribution in [-0.4, -0.2) is 25.5 Å². The number of carboxylic acid groups (broad SMARTS) is 1. The smallest absolute Gasteiger partial charge is 0.371 e. The van der Waals surface area contributed by atoms with Gasteiger partial charge < -0.3 is 9.52 Å². The fraction of sp³-hybridized carbons (Fsp3) is 0.545. The summed E-state index contributed by atoms with van der Waals surface area (Å²) >= 11 is 0. The van der Waals surface area contributed by atoms with Gasteiger partial charge in [-0.1, -0.05) is 20.8 Å². The maximum Gasteiger partial charge on any atom is 0.371 e. The molecule has 0 aromatic carbocycles. The SMILES string of the molecule is CC(NS(=O)(=O)c1ccc(C(=O)O)o1)C(C)(C)C. The van der Waals surface area contributed by atoms with Gasteiger partial charge in [-0.15, -0.1) is 0 Å². The van der Waals surface area contributed by atoms with Crippen LogP contribution >= 0.6 is 0 Å². The second-order valence-corrected chi connectivity index (χ2v) is 6.78. The molecule has 0 aliphatic carbocycles. The van der Waals surface area contributed by atoms with Crippen molar-refractivity contribution in [1.82, 2.24) is 4.72 Å². The van der Waals surface area contributed by atoms with Crippen LogP contribution in [0.2, 0.25) is 0 Å². The van der Waals surface area contributed by atoms with E-state index in [0.29, 0.717) is 0 Å². The minimum absolute atomic E-state index is 0.255. The van der Waals surface area contributed by atoms with Crippen molar-refractivity contribution in [2.75, 3.05) is 0 Å². The summed E-state index contributed by atoms with van der Waals surface area (Å²) in [5.41, 5.74) is -0.255. The summed E-state index contributed by atoms with van der Waals surface area (Å²) in [7, 11) is -3.84. The zero-order chi connectivity index (χ0) is 14.1. The van der Waals surface area contributed by atoms with Crippen LogP contribution in [0.25, 0.3) is 0 Å². The number of nitrogens with one attached hydrogen (secondary N) is 1. The molecule has 0 saturated heterocycles. The summed E-state index contributed by atoms with van der Waals surface area (Å²) in [5.74, 6) is -1.71. The van der Waals surface area contributed by atoms with E-state index >= 15 is 0 Å². The van der Waals surface area contributed by atoms with Crippen LogP contribution in [0.5, 0.6) is 0 Å². The van der Waals surface area contributed by atoms with Gasteiger partial charge in [-0.05, 0) is 24.5 Å². The Kier molecular flexibility index (Phi) is 3.87. The molecule has 7 heteroatoms. The van der Waals surface area contributed by atoms with Gasteiger partial charge in [-0.3, -0.25) is 0 Å². The van der Waals surface area contributed by atoms with E-state index in [-0.39, 0.29) is 11.5 Å². The summed E-state index contributed by atoms with van der Waals surface area (Å²) in [5, 5.41) is 8.27. The van der Waals surface area contributed by atoms with E-state index in [4.69, 9.17) is 9.52 Å². The Hall–Kier alpha value is -1.34. The number of hydrogen-bond donors (Lipinski definition) is 2. The van der Waals surface area contributed by atoms with E-state index in [1.807, 2.05) is 20.8 Å². The minimum Gasteiger partial charge on any atom is -0.475 e. The van der Waals surface area contributed by atoms with Gasteiger partial charge in [-0.2, -0.15) is 0 Å². The third kappa shape index (κ3) is 3.33. The van der Waals surface area contributed by atoms with E-state index in [1.54, 1.807) is 6.92 Å². The third-order valence-electron chi connectivity index (χ3n) is 2.69. The van der Waals surface area contributed by atoms with Gasteiger partial charge in [0.05, 0.1) is 0 Å². The molecule has 1 aromatic rings. The van der Waals surface area contributed by atoms with Crippen molar-refractivity contribution >= 4 is 16.0 Å². The van der Waals surface area contributed by atoms with Crippen molar-refractivity contribution in [3.05, 3.63) is 17.9 Å². The Morgan fingerprint density at radius 1 is 1.39 bits per heavy atom. The molecule has 1 atom stereocenters. The van der Waals surface area contributed by atoms with Crippen LogP contribution in [-0.2, 0) is 10.0 Å². The highest BCUT2D eigenvalue weighted by Gasteiger charge is 2.28. The molecular weight excluding hydrogens is 258 g/mol. The van der Waals surface area contributed by atoms with Crippen molar-refractivity contribution < 1.29 is 22.7 Å². The highest BCUT2D eigenvalue weighted by Crippen LogP contribution is 2.21. The summed E-state index contributed by atoms with van der Waals surface area (Å²) in [6, 6.07) is 1.92. The predicted octanol–water partition coefficient (Wildman–Crippen LogP) is 1.69. The van der Waals surface area contributed by atoms with E-state index in [2.05, 4.69) is 4.72 Å². The number of sulfonamides is 1. The first-order chi connectivity index (χ1) is 8.04. The quantitative estimate of drug-likeness (QED) is 0.871. The fourth-order valence-electron chi connectivity index (χ4n) is 1.05. The van der Waals surface area contributed by atoms with Gasteiger partial charge in [0.1, 0.15) is 0 Å². The molecular formula is C11H17NO5S. The van der Waals surface area contributed by atoms with E-state index in [0.717, 1.165) is 12.1 Å². The second-order valence-electron chi connectivity index (χ2n) is 5.13. The average Bonchev–Trinajstić information content (AvgIpc) is 2.64. The summed E-state index contributed by atoms with van der Waals surface area (Å²) in [6.07, 6.45) is 0. The lowest BCUT2D eigenvalue weighted by molar-refractivity contribution is 0.0656. The first kappa shape index (κ1) is 14.7. The highest BCUT2D eigenvalue weighted by molar-refractivity contribution is 7.89. The number of hydrogen-bond acceptors (Lipinski definition) is 4. The number of rotatable bonds is 4. The normalized spacial score (nSPS) is 14.4. The zero-order valence-corrected chi connectivity index (χ0v) is 11.5. The van der Waals surface area contributed by atoms with Crippen LogP contribution in [0.15, 0.2) is 21.6 Å². The van der Waals surface area contributed by atoms with E-state index < -0.39 is 26.8 Å². The van der Waals surface area contributed by atoms with Gasteiger partial charge in [-0.25, -0.2) is 17.9 Å². The van der Waals surface area contributed by atoms with Gasteiger partial charge in [0, 0.05) is 6.04 Å². The number of furan rings is 1. The molecule has 0 amide bonds. The molecule has 0 aliphatic rings. The van der Waals surface area contributed by atoms with E-state index in [1.165, 1.54) is 0 Å². The molecule has 102 valence electrons. The van der Waals surface area contributed by atoms with Crippen molar-refractivity contribution in [1.29, 1.82) is 0 Å². The number of carbonyl (C=O) groups is 1. The van der Waals surface area contributed by atoms with Crippen LogP contribution in [0, 0.1) is 5.41 Å². The van der Waals surface area contributed by atoms with Crippen LogP contribution in [0.4, 0.5) is 0 Å². The molecule has 0 spiro atoms. The van der Waals surface area contributed by atoms with Crippen molar-refractivity contribution in [3.63, 3.8) is 0 Å². The first-order valence-corrected chi connectivity index (χ1v) is 6.88. The number of carboxylic acids is 1.